The van der Waals surface area contributed by atoms with Crippen LogP contribution in [0.1, 0.15) is 37.1 Å². The lowest BCUT2D eigenvalue weighted by molar-refractivity contribution is -0.125. The number of nitrogens with zero attached hydrogens (tertiary/aromatic N) is 4. The van der Waals surface area contributed by atoms with Gasteiger partial charge in [-0.2, -0.15) is 4.37 Å². The molecule has 6 nitrogen and oxygen atoms in total. The molecule has 1 aromatic carbocycles. The van der Waals surface area contributed by atoms with Crippen LogP contribution in [-0.4, -0.2) is 59.4 Å². The third-order valence-electron chi connectivity index (χ3n) is 5.80. The molecular formula is C21H28FN5OS. The fourth-order valence-corrected chi connectivity index (χ4v) is 4.79. The van der Waals surface area contributed by atoms with Crippen molar-refractivity contribution in [3.8, 4) is 0 Å². The second-order valence-corrected chi connectivity index (χ2v) is 8.63. The zero-order valence-electron chi connectivity index (χ0n) is 16.6. The molecule has 0 atom stereocenters. The third kappa shape index (κ3) is 5.51. The van der Waals surface area contributed by atoms with Crippen molar-refractivity contribution in [1.29, 1.82) is 0 Å². The van der Waals surface area contributed by atoms with Crippen LogP contribution < -0.4 is 10.2 Å². The van der Waals surface area contributed by atoms with Gasteiger partial charge in [0.15, 0.2) is 0 Å². The van der Waals surface area contributed by atoms with E-state index < -0.39 is 0 Å². The van der Waals surface area contributed by atoms with Crippen molar-refractivity contribution in [2.24, 2.45) is 5.92 Å². The van der Waals surface area contributed by atoms with Crippen LogP contribution in [0.5, 0.6) is 0 Å². The summed E-state index contributed by atoms with van der Waals surface area (Å²) in [7, 11) is 0. The number of anilines is 1. The summed E-state index contributed by atoms with van der Waals surface area (Å²) in [5.74, 6) is 0.816. The topological polar surface area (TPSA) is 61.4 Å². The molecule has 2 aliphatic rings. The first-order chi connectivity index (χ1) is 14.2. The Balaban J connectivity index is 1.21. The highest BCUT2D eigenvalue weighted by atomic mass is 32.1. The van der Waals surface area contributed by atoms with Crippen LogP contribution in [-0.2, 0) is 11.2 Å². The first-order valence-electron chi connectivity index (χ1n) is 10.5. The predicted molar refractivity (Wildman–Crippen MR) is 113 cm³/mol. The molecule has 0 radical (unpaired) electrons. The number of aromatic nitrogens is 2. The number of hydrogen-bond donors (Lipinski definition) is 1. The lowest BCUT2D eigenvalue weighted by Crippen LogP contribution is -2.42. The summed E-state index contributed by atoms with van der Waals surface area (Å²) in [6.07, 6.45) is 4.87. The molecular weight excluding hydrogens is 389 g/mol. The Morgan fingerprint density at radius 1 is 1.14 bits per heavy atom. The van der Waals surface area contributed by atoms with E-state index in [0.717, 1.165) is 55.5 Å². The molecule has 1 N–H and O–H groups in total. The second-order valence-electron chi connectivity index (χ2n) is 7.90. The van der Waals surface area contributed by atoms with E-state index in [9.17, 15) is 9.18 Å². The average Bonchev–Trinajstić information content (AvgIpc) is 3.42. The van der Waals surface area contributed by atoms with Gasteiger partial charge >= 0.3 is 0 Å². The molecule has 0 spiro atoms. The maximum atomic E-state index is 13.0. The fourth-order valence-electron chi connectivity index (χ4n) is 4.05. The Kier molecular flexibility index (Phi) is 6.71. The first-order valence-corrected chi connectivity index (χ1v) is 11.3. The minimum atomic E-state index is -0.233. The van der Waals surface area contributed by atoms with Gasteiger partial charge in [0, 0.05) is 50.1 Å². The van der Waals surface area contributed by atoms with Gasteiger partial charge < -0.3 is 15.1 Å². The lowest BCUT2D eigenvalue weighted by atomic mass is 9.96. The Hall–Kier alpha value is -2.06. The minimum Gasteiger partial charge on any atom is -0.355 e. The van der Waals surface area contributed by atoms with E-state index >= 15 is 0 Å². The van der Waals surface area contributed by atoms with Crippen molar-refractivity contribution in [2.75, 3.05) is 44.2 Å². The second kappa shape index (κ2) is 9.63. The standard InChI is InChI=1S/C21H28FN5OS/c22-18-5-3-16(4-6-18)15-19-24-21(29-25-19)27-12-7-17(8-13-27)20(28)23-9-14-26-10-1-2-11-26/h3-6,17H,1-2,7-15H2,(H,23,28). The maximum absolute atomic E-state index is 13.0. The van der Waals surface area contributed by atoms with Crippen LogP contribution in [0.4, 0.5) is 9.52 Å². The Labute approximate surface area is 175 Å². The zero-order valence-corrected chi connectivity index (χ0v) is 17.5. The molecule has 2 aliphatic heterocycles. The third-order valence-corrected chi connectivity index (χ3v) is 6.61. The minimum absolute atomic E-state index is 0.0939. The zero-order chi connectivity index (χ0) is 20.1. The Morgan fingerprint density at radius 2 is 1.86 bits per heavy atom. The summed E-state index contributed by atoms with van der Waals surface area (Å²) in [5.41, 5.74) is 1.00. The van der Waals surface area contributed by atoms with Gasteiger partial charge in [0.1, 0.15) is 11.6 Å². The van der Waals surface area contributed by atoms with Gasteiger partial charge in [-0.15, -0.1) is 0 Å². The number of nitrogens with one attached hydrogen (secondary N) is 1. The van der Waals surface area contributed by atoms with E-state index in [1.165, 1.54) is 49.6 Å². The maximum Gasteiger partial charge on any atom is 0.223 e. The number of rotatable bonds is 7. The summed E-state index contributed by atoms with van der Waals surface area (Å²) >= 11 is 1.40. The van der Waals surface area contributed by atoms with Crippen molar-refractivity contribution >= 4 is 22.6 Å². The lowest BCUT2D eigenvalue weighted by Gasteiger charge is -2.30. The average molecular weight is 418 g/mol. The van der Waals surface area contributed by atoms with Gasteiger partial charge in [-0.3, -0.25) is 4.79 Å². The highest BCUT2D eigenvalue weighted by Gasteiger charge is 2.26. The van der Waals surface area contributed by atoms with E-state index in [2.05, 4.69) is 24.5 Å². The van der Waals surface area contributed by atoms with Crippen molar-refractivity contribution in [2.45, 2.75) is 32.1 Å². The van der Waals surface area contributed by atoms with Crippen LogP contribution in [0.3, 0.4) is 0 Å². The van der Waals surface area contributed by atoms with Gasteiger partial charge in [-0.05, 0) is 56.5 Å². The van der Waals surface area contributed by atoms with Crippen molar-refractivity contribution in [3.05, 3.63) is 41.5 Å². The van der Waals surface area contributed by atoms with Gasteiger partial charge in [0.2, 0.25) is 11.0 Å². The molecule has 29 heavy (non-hydrogen) atoms. The number of carbonyl (C=O) groups is 1. The summed E-state index contributed by atoms with van der Waals surface area (Å²) < 4.78 is 17.5. The Bertz CT molecular complexity index is 798. The number of amides is 1. The smallest absolute Gasteiger partial charge is 0.223 e. The quantitative estimate of drug-likeness (QED) is 0.751. The van der Waals surface area contributed by atoms with Gasteiger partial charge in [0.25, 0.3) is 0 Å². The van der Waals surface area contributed by atoms with E-state index in [0.29, 0.717) is 6.42 Å². The van der Waals surface area contributed by atoms with Crippen LogP contribution in [0.25, 0.3) is 0 Å². The molecule has 0 bridgehead atoms. The molecule has 0 unspecified atom stereocenters. The normalized spacial score (nSPS) is 18.3. The summed E-state index contributed by atoms with van der Waals surface area (Å²) in [4.78, 5) is 21.7. The molecule has 4 rings (SSSR count). The fraction of sp³-hybridized carbons (Fsp3) is 0.571. The van der Waals surface area contributed by atoms with Crippen LogP contribution in [0.15, 0.2) is 24.3 Å². The summed E-state index contributed by atoms with van der Waals surface area (Å²) in [5, 5.41) is 4.03. The number of carbonyl (C=O) groups excluding carboxylic acids is 1. The molecule has 0 saturated carbocycles. The number of halogens is 1. The molecule has 2 saturated heterocycles. The molecule has 3 heterocycles. The van der Waals surface area contributed by atoms with Crippen LogP contribution in [0.2, 0.25) is 0 Å². The van der Waals surface area contributed by atoms with Gasteiger partial charge in [0.05, 0.1) is 0 Å². The van der Waals surface area contributed by atoms with Crippen molar-refractivity contribution < 1.29 is 9.18 Å². The molecule has 8 heteroatoms. The first kappa shape index (κ1) is 20.2. The predicted octanol–water partition coefficient (Wildman–Crippen LogP) is 2.70. The van der Waals surface area contributed by atoms with Crippen molar-refractivity contribution in [3.63, 3.8) is 0 Å². The largest absolute Gasteiger partial charge is 0.355 e. The number of piperidine rings is 1. The van der Waals surface area contributed by atoms with E-state index in [1.807, 2.05) is 0 Å². The van der Waals surface area contributed by atoms with Gasteiger partial charge in [-0.25, -0.2) is 9.37 Å². The molecule has 1 aromatic heterocycles. The number of benzene rings is 1. The highest BCUT2D eigenvalue weighted by molar-refractivity contribution is 7.09. The van der Waals surface area contributed by atoms with E-state index in [4.69, 9.17) is 0 Å². The van der Waals surface area contributed by atoms with E-state index in [-0.39, 0.29) is 17.6 Å². The monoisotopic (exact) mass is 417 g/mol. The molecule has 2 fully saturated rings. The SMILES string of the molecule is O=C(NCCN1CCCC1)C1CCN(c2nc(Cc3ccc(F)cc3)ns2)CC1. The van der Waals surface area contributed by atoms with Crippen LogP contribution in [0, 0.1) is 11.7 Å². The molecule has 1 amide bonds. The van der Waals surface area contributed by atoms with Crippen LogP contribution >= 0.6 is 11.5 Å². The highest BCUT2D eigenvalue weighted by Crippen LogP contribution is 2.25. The summed E-state index contributed by atoms with van der Waals surface area (Å²) in [6, 6.07) is 6.46. The van der Waals surface area contributed by atoms with E-state index in [1.54, 1.807) is 12.1 Å². The Morgan fingerprint density at radius 3 is 2.59 bits per heavy atom. The number of likely N-dealkylation sites (tertiary alicyclic amines) is 1. The molecule has 0 aliphatic carbocycles. The number of hydrogen-bond acceptors (Lipinski definition) is 6. The molecule has 156 valence electrons. The molecule has 2 aromatic rings. The van der Waals surface area contributed by atoms with Gasteiger partial charge in [-0.1, -0.05) is 12.1 Å². The summed E-state index contributed by atoms with van der Waals surface area (Å²) in [6.45, 7) is 5.71. The van der Waals surface area contributed by atoms with Crippen molar-refractivity contribution in [1.82, 2.24) is 19.6 Å².